The Kier molecular flexibility index (Phi) is 6.46. The van der Waals surface area contributed by atoms with Crippen LogP contribution in [0.3, 0.4) is 0 Å². The SMILES string of the molecule is CCNC(=O)c1cc(S(=O)(=O)Nc2cccc(OCC)c2)ccc1OC. The number of hydrogen-bond donors (Lipinski definition) is 2. The number of carbonyl (C=O) groups is 1. The molecule has 0 spiro atoms. The van der Waals surface area contributed by atoms with Crippen LogP contribution in [0.25, 0.3) is 0 Å². The molecule has 1 amide bonds. The van der Waals surface area contributed by atoms with Gasteiger partial charge in [0.1, 0.15) is 11.5 Å². The topological polar surface area (TPSA) is 93.7 Å². The number of carbonyl (C=O) groups excluding carboxylic acids is 1. The first-order valence-electron chi connectivity index (χ1n) is 8.13. The van der Waals surface area contributed by atoms with Crippen LogP contribution in [0.2, 0.25) is 0 Å². The molecule has 0 radical (unpaired) electrons. The number of anilines is 1. The van der Waals surface area contributed by atoms with Crippen LogP contribution in [0.1, 0.15) is 24.2 Å². The number of hydrogen-bond acceptors (Lipinski definition) is 5. The molecule has 0 aromatic heterocycles. The minimum absolute atomic E-state index is 0.0404. The number of nitrogens with one attached hydrogen (secondary N) is 2. The Morgan fingerprint density at radius 2 is 1.88 bits per heavy atom. The molecule has 140 valence electrons. The Bertz CT molecular complexity index is 881. The Labute approximate surface area is 153 Å². The van der Waals surface area contributed by atoms with Crippen LogP contribution in [0.15, 0.2) is 47.4 Å². The first kappa shape index (κ1) is 19.6. The summed E-state index contributed by atoms with van der Waals surface area (Å²) in [4.78, 5) is 12.1. The minimum atomic E-state index is -3.88. The number of benzene rings is 2. The number of amides is 1. The van der Waals surface area contributed by atoms with Gasteiger partial charge in [0.25, 0.3) is 15.9 Å². The van der Waals surface area contributed by atoms with Crippen molar-refractivity contribution in [1.82, 2.24) is 5.32 Å². The molecule has 0 unspecified atom stereocenters. The van der Waals surface area contributed by atoms with E-state index in [1.807, 2.05) is 6.92 Å². The Morgan fingerprint density at radius 1 is 1.12 bits per heavy atom. The van der Waals surface area contributed by atoms with Crippen LogP contribution >= 0.6 is 0 Å². The average molecular weight is 378 g/mol. The molecule has 2 aromatic rings. The van der Waals surface area contributed by atoms with Gasteiger partial charge in [0.05, 0.1) is 29.9 Å². The number of methoxy groups -OCH3 is 1. The third-order valence-electron chi connectivity index (χ3n) is 3.46. The van der Waals surface area contributed by atoms with Gasteiger partial charge in [-0.05, 0) is 44.2 Å². The smallest absolute Gasteiger partial charge is 0.261 e. The van der Waals surface area contributed by atoms with Gasteiger partial charge in [0.15, 0.2) is 0 Å². The molecule has 0 aliphatic carbocycles. The van der Waals surface area contributed by atoms with Crippen molar-refractivity contribution in [3.63, 3.8) is 0 Å². The average Bonchev–Trinajstić information content (AvgIpc) is 2.61. The van der Waals surface area contributed by atoms with Gasteiger partial charge >= 0.3 is 0 Å². The third-order valence-corrected chi connectivity index (χ3v) is 4.84. The van der Waals surface area contributed by atoms with Crippen molar-refractivity contribution in [3.05, 3.63) is 48.0 Å². The maximum absolute atomic E-state index is 12.7. The number of rotatable bonds is 8. The maximum atomic E-state index is 12.7. The van der Waals surface area contributed by atoms with Gasteiger partial charge in [-0.15, -0.1) is 0 Å². The lowest BCUT2D eigenvalue weighted by molar-refractivity contribution is 0.0952. The lowest BCUT2D eigenvalue weighted by atomic mass is 10.2. The van der Waals surface area contributed by atoms with Crippen molar-refractivity contribution in [2.24, 2.45) is 0 Å². The largest absolute Gasteiger partial charge is 0.496 e. The predicted octanol–water partition coefficient (Wildman–Crippen LogP) is 2.64. The predicted molar refractivity (Wildman–Crippen MR) is 99.4 cm³/mol. The van der Waals surface area contributed by atoms with Crippen molar-refractivity contribution in [2.75, 3.05) is 25.0 Å². The number of ether oxygens (including phenoxy) is 2. The quantitative estimate of drug-likeness (QED) is 0.736. The number of sulfonamides is 1. The Morgan fingerprint density at radius 3 is 2.54 bits per heavy atom. The minimum Gasteiger partial charge on any atom is -0.496 e. The van der Waals surface area contributed by atoms with Gasteiger partial charge in [-0.1, -0.05) is 6.07 Å². The van der Waals surface area contributed by atoms with Gasteiger partial charge in [0, 0.05) is 12.6 Å². The molecule has 2 N–H and O–H groups in total. The summed E-state index contributed by atoms with van der Waals surface area (Å²) >= 11 is 0. The second-order valence-corrected chi connectivity index (χ2v) is 6.97. The standard InChI is InChI=1S/C18H22N2O5S/c1-4-19-18(21)16-12-15(9-10-17(16)24-3)26(22,23)20-13-7-6-8-14(11-13)25-5-2/h6-12,20H,4-5H2,1-3H3,(H,19,21). The van der Waals surface area contributed by atoms with E-state index in [1.165, 1.54) is 25.3 Å². The summed E-state index contributed by atoms with van der Waals surface area (Å²) in [5.74, 6) is 0.457. The Hall–Kier alpha value is -2.74. The van der Waals surface area contributed by atoms with E-state index in [-0.39, 0.29) is 10.5 Å². The highest BCUT2D eigenvalue weighted by Crippen LogP contribution is 2.25. The molecule has 0 fully saturated rings. The van der Waals surface area contributed by atoms with E-state index in [4.69, 9.17) is 9.47 Å². The van der Waals surface area contributed by atoms with Gasteiger partial charge in [-0.3, -0.25) is 9.52 Å². The highest BCUT2D eigenvalue weighted by atomic mass is 32.2. The van der Waals surface area contributed by atoms with Gasteiger partial charge < -0.3 is 14.8 Å². The van der Waals surface area contributed by atoms with Crippen LogP contribution in [0.5, 0.6) is 11.5 Å². The van der Waals surface area contributed by atoms with Crippen molar-refractivity contribution in [3.8, 4) is 11.5 Å². The molecule has 26 heavy (non-hydrogen) atoms. The summed E-state index contributed by atoms with van der Waals surface area (Å²) in [6, 6.07) is 10.8. The van der Waals surface area contributed by atoms with Crippen LogP contribution in [-0.4, -0.2) is 34.6 Å². The fraction of sp³-hybridized carbons (Fsp3) is 0.278. The van der Waals surface area contributed by atoms with E-state index < -0.39 is 15.9 Å². The summed E-state index contributed by atoms with van der Waals surface area (Å²) in [6.07, 6.45) is 0. The lowest BCUT2D eigenvalue weighted by Gasteiger charge is -2.13. The molecule has 0 aliphatic heterocycles. The fourth-order valence-corrected chi connectivity index (χ4v) is 3.39. The molecule has 0 aliphatic rings. The molecule has 0 atom stereocenters. The fourth-order valence-electron chi connectivity index (χ4n) is 2.32. The van der Waals surface area contributed by atoms with Crippen LogP contribution in [-0.2, 0) is 10.0 Å². The first-order chi connectivity index (χ1) is 12.4. The van der Waals surface area contributed by atoms with E-state index in [0.717, 1.165) is 0 Å². The molecule has 8 heteroatoms. The van der Waals surface area contributed by atoms with E-state index in [1.54, 1.807) is 31.2 Å². The lowest BCUT2D eigenvalue weighted by Crippen LogP contribution is -2.24. The van der Waals surface area contributed by atoms with E-state index in [9.17, 15) is 13.2 Å². The molecule has 2 aromatic carbocycles. The zero-order chi connectivity index (χ0) is 19.2. The summed E-state index contributed by atoms with van der Waals surface area (Å²) in [6.45, 7) is 4.51. The second-order valence-electron chi connectivity index (χ2n) is 5.29. The van der Waals surface area contributed by atoms with Gasteiger partial charge in [0.2, 0.25) is 0 Å². The molecule has 7 nitrogen and oxygen atoms in total. The molecule has 0 bridgehead atoms. The summed E-state index contributed by atoms with van der Waals surface area (Å²) < 4.78 is 38.4. The van der Waals surface area contributed by atoms with E-state index >= 15 is 0 Å². The van der Waals surface area contributed by atoms with Crippen molar-refractivity contribution >= 4 is 21.6 Å². The Balaban J connectivity index is 2.35. The monoisotopic (exact) mass is 378 g/mol. The van der Waals surface area contributed by atoms with Crippen LogP contribution in [0.4, 0.5) is 5.69 Å². The highest BCUT2D eigenvalue weighted by Gasteiger charge is 2.20. The molecule has 2 rings (SSSR count). The van der Waals surface area contributed by atoms with Crippen molar-refractivity contribution in [2.45, 2.75) is 18.7 Å². The third kappa shape index (κ3) is 4.66. The van der Waals surface area contributed by atoms with E-state index in [0.29, 0.717) is 30.3 Å². The second kappa shape index (κ2) is 8.57. The zero-order valence-corrected chi connectivity index (χ0v) is 15.7. The summed E-state index contributed by atoms with van der Waals surface area (Å²) in [5, 5.41) is 2.64. The molecule has 0 saturated carbocycles. The van der Waals surface area contributed by atoms with Crippen LogP contribution < -0.4 is 19.5 Å². The van der Waals surface area contributed by atoms with E-state index in [2.05, 4.69) is 10.0 Å². The maximum Gasteiger partial charge on any atom is 0.261 e. The summed E-state index contributed by atoms with van der Waals surface area (Å²) in [5.41, 5.74) is 0.520. The molecular weight excluding hydrogens is 356 g/mol. The first-order valence-corrected chi connectivity index (χ1v) is 9.61. The van der Waals surface area contributed by atoms with Crippen molar-refractivity contribution in [1.29, 1.82) is 0 Å². The molecular formula is C18H22N2O5S. The van der Waals surface area contributed by atoms with Gasteiger partial charge in [-0.2, -0.15) is 0 Å². The highest BCUT2D eigenvalue weighted by molar-refractivity contribution is 7.92. The van der Waals surface area contributed by atoms with Crippen molar-refractivity contribution < 1.29 is 22.7 Å². The zero-order valence-electron chi connectivity index (χ0n) is 14.9. The van der Waals surface area contributed by atoms with Gasteiger partial charge in [-0.25, -0.2) is 8.42 Å². The molecule has 0 saturated heterocycles. The normalized spacial score (nSPS) is 10.9. The van der Waals surface area contributed by atoms with Crippen LogP contribution in [0, 0.1) is 0 Å². The summed E-state index contributed by atoms with van der Waals surface area (Å²) in [7, 11) is -2.46. The molecule has 0 heterocycles.